The predicted octanol–water partition coefficient (Wildman–Crippen LogP) is 1.62. The molecule has 3 rings (SSSR count). The van der Waals surface area contributed by atoms with E-state index in [-0.39, 0.29) is 17.2 Å². The minimum atomic E-state index is -0.771. The van der Waals surface area contributed by atoms with Gasteiger partial charge in [-0.3, -0.25) is 13.7 Å². The molecule has 1 aliphatic heterocycles. The van der Waals surface area contributed by atoms with E-state index < -0.39 is 10.8 Å². The lowest BCUT2D eigenvalue weighted by molar-refractivity contribution is 0.0921. The zero-order valence-corrected chi connectivity index (χ0v) is 15.2. The summed E-state index contributed by atoms with van der Waals surface area (Å²) in [6.07, 6.45) is 7.98. The lowest BCUT2D eigenvalue weighted by Crippen LogP contribution is -2.41. The Morgan fingerprint density at radius 3 is 3.04 bits per heavy atom. The summed E-state index contributed by atoms with van der Waals surface area (Å²) in [6.45, 7) is 3.94. The molecule has 6 nitrogen and oxygen atoms in total. The number of hydrogen-bond acceptors (Lipinski definition) is 4. The molecule has 4 unspecified atom stereocenters. The molecule has 2 fully saturated rings. The van der Waals surface area contributed by atoms with Gasteiger partial charge in [-0.1, -0.05) is 13.3 Å². The molecule has 2 N–H and O–H groups in total. The molecule has 1 aliphatic carbocycles. The minimum Gasteiger partial charge on any atom is -0.348 e. The Morgan fingerprint density at radius 2 is 2.29 bits per heavy atom. The number of nitrogens with zero attached hydrogens (tertiary/aromatic N) is 2. The molecule has 1 amide bonds. The maximum absolute atomic E-state index is 12.5. The van der Waals surface area contributed by atoms with Crippen LogP contribution in [0.25, 0.3) is 0 Å². The third-order valence-electron chi connectivity index (χ3n) is 5.10. The Kier molecular flexibility index (Phi) is 6.05. The van der Waals surface area contributed by atoms with Gasteiger partial charge in [0, 0.05) is 40.6 Å². The van der Waals surface area contributed by atoms with Gasteiger partial charge in [-0.25, -0.2) is 0 Å². The predicted molar refractivity (Wildman–Crippen MR) is 95.6 cm³/mol. The van der Waals surface area contributed by atoms with Crippen LogP contribution in [0.2, 0.25) is 0 Å². The third-order valence-corrected chi connectivity index (χ3v) is 6.84. The molecule has 1 aromatic heterocycles. The van der Waals surface area contributed by atoms with Crippen LogP contribution in [0.4, 0.5) is 0 Å². The first-order chi connectivity index (χ1) is 11.7. The Balaban J connectivity index is 1.56. The highest BCUT2D eigenvalue weighted by atomic mass is 32.2. The minimum absolute atomic E-state index is 0.106. The molecule has 134 valence electrons. The standard InChI is InChI=1S/C17H28N4O2S/c1-2-24(23)15-7-3-5-13(11-15)19-17(22)16-8-10-21(20-16)14-6-4-9-18-12-14/h8,10,13-15,18H,2-7,9,11-12H2,1H3,(H,19,22). The van der Waals surface area contributed by atoms with Crippen LogP contribution in [-0.2, 0) is 10.8 Å². The second-order valence-electron chi connectivity index (χ2n) is 6.81. The number of amides is 1. The van der Waals surface area contributed by atoms with Gasteiger partial charge in [-0.15, -0.1) is 0 Å². The van der Waals surface area contributed by atoms with Gasteiger partial charge in [0.2, 0.25) is 0 Å². The van der Waals surface area contributed by atoms with Crippen molar-refractivity contribution in [1.29, 1.82) is 0 Å². The summed E-state index contributed by atoms with van der Waals surface area (Å²) >= 11 is 0. The molecule has 24 heavy (non-hydrogen) atoms. The van der Waals surface area contributed by atoms with E-state index in [2.05, 4.69) is 15.7 Å². The highest BCUT2D eigenvalue weighted by Gasteiger charge is 2.27. The fourth-order valence-electron chi connectivity index (χ4n) is 3.73. The van der Waals surface area contributed by atoms with Crippen molar-refractivity contribution in [3.05, 3.63) is 18.0 Å². The molecule has 2 aliphatic rings. The molecular formula is C17H28N4O2S. The fraction of sp³-hybridized carbons (Fsp3) is 0.765. The SMILES string of the molecule is CCS(=O)C1CCCC(NC(=O)c2ccn(C3CCCNC3)n2)C1. The van der Waals surface area contributed by atoms with Crippen LogP contribution in [0.3, 0.4) is 0 Å². The van der Waals surface area contributed by atoms with Crippen LogP contribution in [0.1, 0.15) is 62.0 Å². The second kappa shape index (κ2) is 8.25. The molecule has 1 saturated heterocycles. The highest BCUT2D eigenvalue weighted by Crippen LogP contribution is 2.23. The molecule has 0 bridgehead atoms. The number of hydrogen-bond donors (Lipinski definition) is 2. The fourth-order valence-corrected chi connectivity index (χ4v) is 5.08. The second-order valence-corrected chi connectivity index (χ2v) is 8.82. The van der Waals surface area contributed by atoms with E-state index in [0.29, 0.717) is 17.5 Å². The average molecular weight is 353 g/mol. The quantitative estimate of drug-likeness (QED) is 0.844. The molecule has 0 aromatic carbocycles. The third kappa shape index (κ3) is 4.25. The lowest BCUT2D eigenvalue weighted by atomic mass is 9.95. The Hall–Kier alpha value is -1.21. The van der Waals surface area contributed by atoms with Crippen LogP contribution in [0.15, 0.2) is 12.3 Å². The van der Waals surface area contributed by atoms with Crippen molar-refractivity contribution in [2.24, 2.45) is 0 Å². The number of aromatic nitrogens is 2. The van der Waals surface area contributed by atoms with Crippen LogP contribution in [0, 0.1) is 0 Å². The van der Waals surface area contributed by atoms with Crippen LogP contribution < -0.4 is 10.6 Å². The van der Waals surface area contributed by atoms with Gasteiger partial charge >= 0.3 is 0 Å². The van der Waals surface area contributed by atoms with Gasteiger partial charge in [0.1, 0.15) is 5.69 Å². The first-order valence-corrected chi connectivity index (χ1v) is 10.5. The normalized spacial score (nSPS) is 29.1. The first kappa shape index (κ1) is 17.6. The van der Waals surface area contributed by atoms with E-state index in [1.54, 1.807) is 6.07 Å². The molecule has 1 aromatic rings. The first-order valence-electron chi connectivity index (χ1n) is 9.11. The maximum atomic E-state index is 12.5. The van der Waals surface area contributed by atoms with Crippen molar-refractivity contribution in [3.8, 4) is 0 Å². The molecule has 0 radical (unpaired) electrons. The summed E-state index contributed by atoms with van der Waals surface area (Å²) < 4.78 is 13.9. The van der Waals surface area contributed by atoms with Crippen molar-refractivity contribution in [2.75, 3.05) is 18.8 Å². The van der Waals surface area contributed by atoms with Crippen LogP contribution in [-0.4, -0.2) is 50.0 Å². The van der Waals surface area contributed by atoms with Gasteiger partial charge in [-0.2, -0.15) is 5.10 Å². The molecule has 2 heterocycles. The number of carbonyl (C=O) groups excluding carboxylic acids is 1. The molecule has 1 saturated carbocycles. The Bertz CT molecular complexity index is 583. The monoisotopic (exact) mass is 352 g/mol. The van der Waals surface area contributed by atoms with Gasteiger partial charge < -0.3 is 10.6 Å². The van der Waals surface area contributed by atoms with E-state index in [1.165, 1.54) is 0 Å². The number of rotatable bonds is 5. The smallest absolute Gasteiger partial charge is 0.271 e. The average Bonchev–Trinajstić information content (AvgIpc) is 3.12. The van der Waals surface area contributed by atoms with Crippen molar-refractivity contribution in [1.82, 2.24) is 20.4 Å². The number of carbonyl (C=O) groups is 1. The molecular weight excluding hydrogens is 324 g/mol. The van der Waals surface area contributed by atoms with E-state index >= 15 is 0 Å². The Labute approximate surface area is 146 Å². The van der Waals surface area contributed by atoms with Gasteiger partial charge in [0.15, 0.2) is 0 Å². The molecule has 4 atom stereocenters. The summed E-state index contributed by atoms with van der Waals surface area (Å²) in [4.78, 5) is 12.5. The van der Waals surface area contributed by atoms with Crippen molar-refractivity contribution in [2.45, 2.75) is 62.8 Å². The van der Waals surface area contributed by atoms with Crippen LogP contribution in [0.5, 0.6) is 0 Å². The van der Waals surface area contributed by atoms with E-state index in [4.69, 9.17) is 0 Å². The highest BCUT2D eigenvalue weighted by molar-refractivity contribution is 7.85. The zero-order valence-electron chi connectivity index (χ0n) is 14.4. The summed E-state index contributed by atoms with van der Waals surface area (Å²) in [7, 11) is -0.771. The van der Waals surface area contributed by atoms with Gasteiger partial charge in [0.05, 0.1) is 6.04 Å². The number of nitrogens with one attached hydrogen (secondary N) is 2. The van der Waals surface area contributed by atoms with Crippen molar-refractivity contribution >= 4 is 16.7 Å². The zero-order chi connectivity index (χ0) is 16.9. The Morgan fingerprint density at radius 1 is 1.42 bits per heavy atom. The summed E-state index contributed by atoms with van der Waals surface area (Å²) in [5.74, 6) is 0.594. The largest absolute Gasteiger partial charge is 0.348 e. The van der Waals surface area contributed by atoms with Gasteiger partial charge in [-0.05, 0) is 44.7 Å². The molecule has 0 spiro atoms. The summed E-state index contributed by atoms with van der Waals surface area (Å²) in [5, 5.41) is 11.2. The van der Waals surface area contributed by atoms with Gasteiger partial charge in [0.25, 0.3) is 5.91 Å². The van der Waals surface area contributed by atoms with Crippen molar-refractivity contribution in [3.63, 3.8) is 0 Å². The maximum Gasteiger partial charge on any atom is 0.271 e. The lowest BCUT2D eigenvalue weighted by Gasteiger charge is -2.28. The van der Waals surface area contributed by atoms with Crippen LogP contribution >= 0.6 is 0 Å². The van der Waals surface area contributed by atoms with Crippen molar-refractivity contribution < 1.29 is 9.00 Å². The summed E-state index contributed by atoms with van der Waals surface area (Å²) in [6, 6.07) is 2.26. The number of piperidine rings is 1. The summed E-state index contributed by atoms with van der Waals surface area (Å²) in [5.41, 5.74) is 0.485. The van der Waals surface area contributed by atoms with E-state index in [9.17, 15) is 9.00 Å². The van der Waals surface area contributed by atoms with E-state index in [1.807, 2.05) is 17.8 Å². The molecule has 7 heteroatoms. The topological polar surface area (TPSA) is 76.0 Å². The van der Waals surface area contributed by atoms with E-state index in [0.717, 1.165) is 51.6 Å².